The zero-order valence-electron chi connectivity index (χ0n) is 18.4. The maximum atomic E-state index is 12.8. The van der Waals surface area contributed by atoms with Crippen molar-refractivity contribution in [1.82, 2.24) is 10.3 Å². The molecule has 1 aliphatic carbocycles. The number of rotatable bonds is 12. The van der Waals surface area contributed by atoms with Crippen LogP contribution in [-0.4, -0.2) is 69.1 Å². The van der Waals surface area contributed by atoms with Crippen LogP contribution >= 0.6 is 0 Å². The number of hydrogen-bond acceptors (Lipinski definition) is 7. The molecule has 9 heteroatoms. The number of esters is 1. The lowest BCUT2D eigenvalue weighted by molar-refractivity contribution is -0.146. The fourth-order valence-electron chi connectivity index (χ4n) is 3.33. The van der Waals surface area contributed by atoms with Gasteiger partial charge in [0, 0.05) is 20.2 Å². The molecule has 1 N–H and O–H groups in total. The van der Waals surface area contributed by atoms with Gasteiger partial charge >= 0.3 is 5.97 Å². The fourth-order valence-corrected chi connectivity index (χ4v) is 3.33. The molecular weight excluding hydrogens is 405 g/mol. The fraction of sp³-hybridized carbons (Fsp3) is 0.682. The number of ether oxygens (including phenoxy) is 3. The summed E-state index contributed by atoms with van der Waals surface area (Å²) in [6.07, 6.45) is 2.84. The number of nitrogens with zero attached hydrogens (tertiary/aromatic N) is 2. The van der Waals surface area contributed by atoms with E-state index in [-0.39, 0.29) is 24.3 Å². The number of anilines is 1. The SMILES string of the molecule is COC1CN(c2ccc(C(=O)NC(CC(C)C)C(=O)OCCF)nc2OCC2CC2)C1. The molecule has 172 valence electrons. The summed E-state index contributed by atoms with van der Waals surface area (Å²) in [6, 6.07) is 2.57. The molecule has 2 heterocycles. The van der Waals surface area contributed by atoms with Crippen LogP contribution in [0.3, 0.4) is 0 Å². The molecule has 0 aromatic carbocycles. The van der Waals surface area contributed by atoms with Crippen molar-refractivity contribution in [3.05, 3.63) is 17.8 Å². The zero-order valence-corrected chi connectivity index (χ0v) is 18.4. The minimum Gasteiger partial charge on any atom is -0.476 e. The first-order chi connectivity index (χ1) is 14.9. The summed E-state index contributed by atoms with van der Waals surface area (Å²) in [4.78, 5) is 31.6. The molecule has 1 aromatic heterocycles. The van der Waals surface area contributed by atoms with Gasteiger partial charge in [-0.1, -0.05) is 13.8 Å². The average Bonchev–Trinajstić information content (AvgIpc) is 3.53. The Kier molecular flexibility index (Phi) is 8.06. The Labute approximate surface area is 182 Å². The molecule has 0 spiro atoms. The van der Waals surface area contributed by atoms with E-state index in [9.17, 15) is 14.0 Å². The van der Waals surface area contributed by atoms with Gasteiger partial charge in [0.2, 0.25) is 5.88 Å². The third-order valence-electron chi connectivity index (χ3n) is 5.37. The molecule has 1 amide bonds. The van der Waals surface area contributed by atoms with Crippen molar-refractivity contribution in [3.8, 4) is 5.88 Å². The molecule has 0 radical (unpaired) electrons. The molecule has 0 bridgehead atoms. The van der Waals surface area contributed by atoms with E-state index in [1.807, 2.05) is 19.9 Å². The van der Waals surface area contributed by atoms with Crippen molar-refractivity contribution in [3.63, 3.8) is 0 Å². The van der Waals surface area contributed by atoms with Gasteiger partial charge in [-0.2, -0.15) is 0 Å². The number of pyridine rings is 1. The van der Waals surface area contributed by atoms with E-state index in [4.69, 9.17) is 14.2 Å². The second-order valence-corrected chi connectivity index (χ2v) is 8.55. The first kappa shape index (κ1) is 23.2. The van der Waals surface area contributed by atoms with Crippen molar-refractivity contribution >= 4 is 17.6 Å². The molecule has 3 rings (SSSR count). The van der Waals surface area contributed by atoms with Gasteiger partial charge in [-0.05, 0) is 43.2 Å². The van der Waals surface area contributed by atoms with Crippen LogP contribution in [0.1, 0.15) is 43.6 Å². The number of hydrogen-bond donors (Lipinski definition) is 1. The zero-order chi connectivity index (χ0) is 22.4. The van der Waals surface area contributed by atoms with Crippen LogP contribution in [-0.2, 0) is 14.3 Å². The number of aromatic nitrogens is 1. The topological polar surface area (TPSA) is 90.0 Å². The summed E-state index contributed by atoms with van der Waals surface area (Å²) in [5.41, 5.74) is 0.983. The van der Waals surface area contributed by atoms with E-state index in [1.54, 1.807) is 13.2 Å². The normalized spacial score (nSPS) is 17.3. The number of carbonyl (C=O) groups is 2. The summed E-state index contributed by atoms with van der Waals surface area (Å²) in [5, 5.41) is 2.68. The molecular formula is C22H32FN3O5. The van der Waals surface area contributed by atoms with Crippen LogP contribution in [0.5, 0.6) is 5.88 Å². The third kappa shape index (κ3) is 6.53. The maximum absolute atomic E-state index is 12.8. The summed E-state index contributed by atoms with van der Waals surface area (Å²) >= 11 is 0. The Morgan fingerprint density at radius 2 is 2.03 bits per heavy atom. The van der Waals surface area contributed by atoms with Crippen LogP contribution in [0, 0.1) is 11.8 Å². The predicted molar refractivity (Wildman–Crippen MR) is 113 cm³/mol. The first-order valence-electron chi connectivity index (χ1n) is 10.9. The minimum absolute atomic E-state index is 0.135. The number of carbonyl (C=O) groups excluding carboxylic acids is 2. The summed E-state index contributed by atoms with van der Waals surface area (Å²) in [6.45, 7) is 4.81. The average molecular weight is 438 g/mol. The van der Waals surface area contributed by atoms with Gasteiger partial charge < -0.3 is 24.4 Å². The molecule has 2 fully saturated rings. The Hall–Kier alpha value is -2.42. The van der Waals surface area contributed by atoms with E-state index in [0.717, 1.165) is 31.6 Å². The molecule has 1 saturated carbocycles. The molecule has 1 atom stereocenters. The highest BCUT2D eigenvalue weighted by Gasteiger charge is 2.31. The molecule has 31 heavy (non-hydrogen) atoms. The molecule has 8 nitrogen and oxygen atoms in total. The smallest absolute Gasteiger partial charge is 0.328 e. The van der Waals surface area contributed by atoms with Crippen molar-refractivity contribution in [2.75, 3.05) is 45.0 Å². The van der Waals surface area contributed by atoms with Crippen LogP contribution in [0.4, 0.5) is 10.1 Å². The first-order valence-corrected chi connectivity index (χ1v) is 10.9. The largest absolute Gasteiger partial charge is 0.476 e. The number of amides is 1. The molecule has 1 aliphatic heterocycles. The molecule has 1 aromatic rings. The van der Waals surface area contributed by atoms with Crippen LogP contribution in [0.25, 0.3) is 0 Å². The van der Waals surface area contributed by atoms with Gasteiger partial charge in [-0.3, -0.25) is 4.79 Å². The van der Waals surface area contributed by atoms with Crippen LogP contribution in [0.15, 0.2) is 12.1 Å². The number of alkyl halides is 1. The molecule has 1 saturated heterocycles. The summed E-state index contributed by atoms with van der Waals surface area (Å²) in [5.74, 6) is -0.0571. The lowest BCUT2D eigenvalue weighted by Crippen LogP contribution is -2.52. The second kappa shape index (κ2) is 10.7. The lowest BCUT2D eigenvalue weighted by Gasteiger charge is -2.40. The van der Waals surface area contributed by atoms with Crippen molar-refractivity contribution in [1.29, 1.82) is 0 Å². The highest BCUT2D eigenvalue weighted by molar-refractivity contribution is 5.95. The Bertz CT molecular complexity index is 766. The standard InChI is InChI=1S/C22H32FN3O5/c1-14(2)10-18(22(28)30-9-8-23)24-20(27)17-6-7-19(26-11-16(12-26)29-3)21(25-17)31-13-15-4-5-15/h6-7,14-16,18H,4-5,8-13H2,1-3H3,(H,24,27). The van der Waals surface area contributed by atoms with E-state index >= 15 is 0 Å². The predicted octanol–water partition coefficient (Wildman–Crippen LogP) is 2.36. The lowest BCUT2D eigenvalue weighted by atomic mass is 10.0. The second-order valence-electron chi connectivity index (χ2n) is 8.55. The highest BCUT2D eigenvalue weighted by Crippen LogP contribution is 2.34. The van der Waals surface area contributed by atoms with E-state index in [0.29, 0.717) is 24.8 Å². The number of nitrogens with one attached hydrogen (secondary N) is 1. The highest BCUT2D eigenvalue weighted by atomic mass is 19.1. The van der Waals surface area contributed by atoms with E-state index in [1.165, 1.54) is 0 Å². The van der Waals surface area contributed by atoms with Gasteiger partial charge in [-0.15, -0.1) is 0 Å². The molecule has 1 unspecified atom stereocenters. The van der Waals surface area contributed by atoms with Crippen molar-refractivity contribution < 1.29 is 28.2 Å². The minimum atomic E-state index is -0.866. The van der Waals surface area contributed by atoms with Gasteiger partial charge in [0.1, 0.15) is 30.7 Å². The van der Waals surface area contributed by atoms with Gasteiger partial charge in [0.15, 0.2) is 0 Å². The monoisotopic (exact) mass is 437 g/mol. The molecule has 2 aliphatic rings. The van der Waals surface area contributed by atoms with Gasteiger partial charge in [0.05, 0.1) is 12.7 Å². The maximum Gasteiger partial charge on any atom is 0.328 e. The van der Waals surface area contributed by atoms with Crippen LogP contribution in [0.2, 0.25) is 0 Å². The number of methoxy groups -OCH3 is 1. The quantitative estimate of drug-likeness (QED) is 0.502. The van der Waals surface area contributed by atoms with Crippen molar-refractivity contribution in [2.45, 2.75) is 45.3 Å². The Morgan fingerprint density at radius 1 is 1.29 bits per heavy atom. The van der Waals surface area contributed by atoms with E-state index < -0.39 is 24.6 Å². The third-order valence-corrected chi connectivity index (χ3v) is 5.37. The van der Waals surface area contributed by atoms with E-state index in [2.05, 4.69) is 15.2 Å². The Balaban J connectivity index is 1.72. The van der Waals surface area contributed by atoms with Gasteiger partial charge in [-0.25, -0.2) is 14.2 Å². The van der Waals surface area contributed by atoms with Gasteiger partial charge in [0.25, 0.3) is 5.91 Å². The number of halogens is 1. The Morgan fingerprint density at radius 3 is 2.65 bits per heavy atom. The van der Waals surface area contributed by atoms with Crippen LogP contribution < -0.4 is 15.0 Å². The van der Waals surface area contributed by atoms with Crippen molar-refractivity contribution in [2.24, 2.45) is 11.8 Å². The summed E-state index contributed by atoms with van der Waals surface area (Å²) < 4.78 is 28.5. The summed E-state index contributed by atoms with van der Waals surface area (Å²) in [7, 11) is 1.68.